The number of carbonyl (C=O) groups excluding carboxylic acids is 2. The third kappa shape index (κ3) is 3.41. The van der Waals surface area contributed by atoms with Crippen LogP contribution < -0.4 is 5.32 Å². The van der Waals surface area contributed by atoms with Crippen LogP contribution in [-0.4, -0.2) is 34.4 Å². The van der Waals surface area contributed by atoms with Crippen LogP contribution in [0.1, 0.15) is 24.2 Å². The molecule has 0 aliphatic rings. The van der Waals surface area contributed by atoms with Crippen LogP contribution in [0.2, 0.25) is 5.15 Å². The quantitative estimate of drug-likeness (QED) is 0.388. The Bertz CT molecular complexity index is 573. The Labute approximate surface area is 119 Å². The second kappa shape index (κ2) is 5.83. The second-order valence-corrected chi connectivity index (χ2v) is 4.72. The molecule has 20 heavy (non-hydrogen) atoms. The van der Waals surface area contributed by atoms with E-state index in [0.29, 0.717) is 0 Å². The van der Waals surface area contributed by atoms with Gasteiger partial charge in [-0.25, -0.2) is 9.78 Å². The molecule has 0 aliphatic heterocycles. The van der Waals surface area contributed by atoms with Crippen molar-refractivity contribution in [3.8, 4) is 0 Å². The molecule has 0 saturated heterocycles. The Kier molecular flexibility index (Phi) is 4.61. The van der Waals surface area contributed by atoms with Crippen molar-refractivity contribution in [2.75, 3.05) is 7.11 Å². The van der Waals surface area contributed by atoms with Gasteiger partial charge in [0.1, 0.15) is 16.9 Å². The number of carbonyl (C=O) groups is 2. The normalized spacial score (nSPS) is 10.8. The molecule has 0 saturated carbocycles. The van der Waals surface area contributed by atoms with Crippen LogP contribution in [0.15, 0.2) is 12.3 Å². The van der Waals surface area contributed by atoms with E-state index in [1.807, 2.05) is 0 Å². The molecule has 1 amide bonds. The first-order chi connectivity index (χ1) is 9.19. The number of nitro groups is 1. The highest BCUT2D eigenvalue weighted by Crippen LogP contribution is 2.20. The van der Waals surface area contributed by atoms with Crippen molar-refractivity contribution in [2.24, 2.45) is 0 Å². The Morgan fingerprint density at radius 2 is 2.10 bits per heavy atom. The fraction of sp³-hybridized carbons (Fsp3) is 0.364. The summed E-state index contributed by atoms with van der Waals surface area (Å²) in [4.78, 5) is 37.0. The first kappa shape index (κ1) is 15.8. The average Bonchev–Trinajstić information content (AvgIpc) is 2.37. The highest BCUT2D eigenvalue weighted by Gasteiger charge is 2.32. The molecule has 0 radical (unpaired) electrons. The lowest BCUT2D eigenvalue weighted by atomic mass is 10.1. The number of amides is 1. The zero-order valence-electron chi connectivity index (χ0n) is 11.0. The number of hydrogen-bond donors (Lipinski definition) is 1. The van der Waals surface area contributed by atoms with E-state index in [0.717, 1.165) is 12.3 Å². The molecule has 0 fully saturated rings. The number of halogens is 1. The van der Waals surface area contributed by atoms with Crippen LogP contribution in [0, 0.1) is 10.1 Å². The lowest BCUT2D eigenvalue weighted by Crippen LogP contribution is -2.50. The molecule has 1 aromatic heterocycles. The van der Waals surface area contributed by atoms with Gasteiger partial charge < -0.3 is 10.1 Å². The molecule has 1 aromatic rings. The number of methoxy groups -OCH3 is 1. The van der Waals surface area contributed by atoms with Crippen LogP contribution in [0.25, 0.3) is 0 Å². The fourth-order valence-electron chi connectivity index (χ4n) is 1.35. The molecule has 0 unspecified atom stereocenters. The van der Waals surface area contributed by atoms with Crippen LogP contribution >= 0.6 is 11.6 Å². The SMILES string of the molecule is COC(=O)C(C)(C)NC(=O)c1cc([N+](=O)[O-])cnc1Cl. The summed E-state index contributed by atoms with van der Waals surface area (Å²) in [7, 11) is 1.18. The topological polar surface area (TPSA) is 111 Å². The molecule has 108 valence electrons. The molecule has 8 nitrogen and oxygen atoms in total. The van der Waals surface area contributed by atoms with Gasteiger partial charge in [0.25, 0.3) is 11.6 Å². The molecule has 0 spiro atoms. The smallest absolute Gasteiger partial charge is 0.330 e. The molecule has 1 rings (SSSR count). The van der Waals surface area contributed by atoms with E-state index in [1.165, 1.54) is 21.0 Å². The largest absolute Gasteiger partial charge is 0.467 e. The van der Waals surface area contributed by atoms with Gasteiger partial charge in [-0.3, -0.25) is 14.9 Å². The predicted octanol–water partition coefficient (Wildman–Crippen LogP) is 1.32. The van der Waals surface area contributed by atoms with Crippen molar-refractivity contribution in [3.05, 3.63) is 33.1 Å². The van der Waals surface area contributed by atoms with Crippen LogP contribution in [0.3, 0.4) is 0 Å². The van der Waals surface area contributed by atoms with Crippen LogP contribution in [0.5, 0.6) is 0 Å². The van der Waals surface area contributed by atoms with Crippen molar-refractivity contribution in [2.45, 2.75) is 19.4 Å². The first-order valence-corrected chi connectivity index (χ1v) is 5.77. The number of nitrogens with one attached hydrogen (secondary N) is 1. The summed E-state index contributed by atoms with van der Waals surface area (Å²) in [6.45, 7) is 2.85. The van der Waals surface area contributed by atoms with Crippen molar-refractivity contribution in [1.29, 1.82) is 0 Å². The molecule has 0 aromatic carbocycles. The second-order valence-electron chi connectivity index (χ2n) is 4.36. The third-order valence-corrected chi connectivity index (χ3v) is 2.70. The highest BCUT2D eigenvalue weighted by atomic mass is 35.5. The van der Waals surface area contributed by atoms with Gasteiger partial charge in [0.05, 0.1) is 17.6 Å². The van der Waals surface area contributed by atoms with Gasteiger partial charge in [0, 0.05) is 6.07 Å². The number of nitrogens with zero attached hydrogens (tertiary/aromatic N) is 2. The molecular weight excluding hydrogens is 290 g/mol. The van der Waals surface area contributed by atoms with Crippen molar-refractivity contribution < 1.29 is 19.2 Å². The molecule has 0 aliphatic carbocycles. The van der Waals surface area contributed by atoms with Gasteiger partial charge in [0.15, 0.2) is 0 Å². The summed E-state index contributed by atoms with van der Waals surface area (Å²) in [5.74, 6) is -1.43. The summed E-state index contributed by atoms with van der Waals surface area (Å²) >= 11 is 5.73. The summed E-state index contributed by atoms with van der Waals surface area (Å²) in [6.07, 6.45) is 0.935. The molecule has 0 atom stereocenters. The highest BCUT2D eigenvalue weighted by molar-refractivity contribution is 6.32. The van der Waals surface area contributed by atoms with Gasteiger partial charge in [-0.15, -0.1) is 0 Å². The predicted molar refractivity (Wildman–Crippen MR) is 69.5 cm³/mol. The molecule has 0 bridgehead atoms. The van der Waals surface area contributed by atoms with Gasteiger partial charge >= 0.3 is 5.97 Å². The van der Waals surface area contributed by atoms with Crippen LogP contribution in [-0.2, 0) is 9.53 Å². The average molecular weight is 302 g/mol. The van der Waals surface area contributed by atoms with Crippen molar-refractivity contribution in [1.82, 2.24) is 10.3 Å². The monoisotopic (exact) mass is 301 g/mol. The van der Waals surface area contributed by atoms with E-state index >= 15 is 0 Å². The Morgan fingerprint density at radius 3 is 2.60 bits per heavy atom. The summed E-state index contributed by atoms with van der Waals surface area (Å²) in [6, 6.07) is 0.984. The maximum Gasteiger partial charge on any atom is 0.330 e. The number of hydrogen-bond acceptors (Lipinski definition) is 6. The van der Waals surface area contributed by atoms with Gasteiger partial charge in [-0.2, -0.15) is 0 Å². The fourth-order valence-corrected chi connectivity index (χ4v) is 1.54. The van der Waals surface area contributed by atoms with E-state index in [1.54, 1.807) is 0 Å². The zero-order valence-corrected chi connectivity index (χ0v) is 11.7. The number of ether oxygens (including phenoxy) is 1. The molecule has 1 heterocycles. The number of rotatable bonds is 4. The zero-order chi connectivity index (χ0) is 15.5. The minimum atomic E-state index is -1.31. The van der Waals surface area contributed by atoms with E-state index < -0.39 is 22.3 Å². The maximum atomic E-state index is 12.0. The van der Waals surface area contributed by atoms with E-state index in [4.69, 9.17) is 11.6 Å². The van der Waals surface area contributed by atoms with E-state index in [2.05, 4.69) is 15.0 Å². The minimum absolute atomic E-state index is 0.196. The van der Waals surface area contributed by atoms with Crippen LogP contribution in [0.4, 0.5) is 5.69 Å². The summed E-state index contributed by atoms with van der Waals surface area (Å²) < 4.78 is 4.53. The standard InChI is InChI=1S/C11H12ClN3O5/c1-11(2,10(17)20-3)14-9(16)7-4-6(15(18)19)5-13-8(7)12/h4-5H,1-3H3,(H,14,16). The Morgan fingerprint density at radius 1 is 1.50 bits per heavy atom. The first-order valence-electron chi connectivity index (χ1n) is 5.40. The van der Waals surface area contributed by atoms with Crippen molar-refractivity contribution >= 4 is 29.2 Å². The van der Waals surface area contributed by atoms with Crippen molar-refractivity contribution in [3.63, 3.8) is 0 Å². The Hall–Kier alpha value is -2.22. The van der Waals surface area contributed by atoms with Gasteiger partial charge in [-0.1, -0.05) is 11.6 Å². The maximum absolute atomic E-state index is 12.0. The summed E-state index contributed by atoms with van der Waals surface area (Å²) in [5, 5.41) is 12.8. The van der Waals surface area contributed by atoms with Gasteiger partial charge in [0.2, 0.25) is 0 Å². The van der Waals surface area contributed by atoms with E-state index in [9.17, 15) is 19.7 Å². The Balaban J connectivity index is 3.07. The number of esters is 1. The lowest BCUT2D eigenvalue weighted by Gasteiger charge is -2.23. The third-order valence-electron chi connectivity index (χ3n) is 2.40. The van der Waals surface area contributed by atoms with E-state index in [-0.39, 0.29) is 16.4 Å². The molecule has 9 heteroatoms. The summed E-state index contributed by atoms with van der Waals surface area (Å²) in [5.41, 5.74) is -1.88. The van der Waals surface area contributed by atoms with Gasteiger partial charge in [-0.05, 0) is 13.8 Å². The molecular formula is C11H12ClN3O5. The minimum Gasteiger partial charge on any atom is -0.467 e. The molecule has 1 N–H and O–H groups in total. The lowest BCUT2D eigenvalue weighted by molar-refractivity contribution is -0.385. The number of pyridine rings is 1. The number of aromatic nitrogens is 1.